The molecule has 0 radical (unpaired) electrons. The summed E-state index contributed by atoms with van der Waals surface area (Å²) < 4.78 is 11.3. The van der Waals surface area contributed by atoms with Gasteiger partial charge >= 0.3 is 5.63 Å². The van der Waals surface area contributed by atoms with Crippen LogP contribution >= 0.6 is 0 Å². The molecule has 0 bridgehead atoms. The zero-order chi connectivity index (χ0) is 21.9. The zero-order valence-electron chi connectivity index (χ0n) is 17.8. The van der Waals surface area contributed by atoms with E-state index in [-0.39, 0.29) is 17.7 Å². The summed E-state index contributed by atoms with van der Waals surface area (Å²) in [7, 11) is 0. The maximum absolute atomic E-state index is 14.0. The molecule has 162 valence electrons. The van der Waals surface area contributed by atoms with E-state index in [0.717, 1.165) is 36.6 Å². The number of rotatable bonds is 5. The van der Waals surface area contributed by atoms with Crippen molar-refractivity contribution < 1.29 is 13.6 Å². The molecule has 5 heteroatoms. The lowest BCUT2D eigenvalue weighted by atomic mass is 9.93. The number of fused-ring (bicyclic) bond motifs is 1. The molecule has 0 saturated heterocycles. The van der Waals surface area contributed by atoms with Gasteiger partial charge in [0, 0.05) is 17.0 Å². The van der Waals surface area contributed by atoms with Crippen molar-refractivity contribution in [1.29, 1.82) is 0 Å². The Morgan fingerprint density at radius 1 is 0.875 bits per heavy atom. The Kier molecular flexibility index (Phi) is 5.63. The number of nitrogens with zero attached hydrogens (tertiary/aromatic N) is 1. The van der Waals surface area contributed by atoms with E-state index in [4.69, 9.17) is 8.83 Å². The summed E-state index contributed by atoms with van der Waals surface area (Å²) >= 11 is 0. The average Bonchev–Trinajstić information content (AvgIpc) is 3.37. The van der Waals surface area contributed by atoms with E-state index in [2.05, 4.69) is 0 Å². The zero-order valence-corrected chi connectivity index (χ0v) is 17.8. The number of benzene rings is 2. The quantitative estimate of drug-likeness (QED) is 0.390. The first-order valence-electron chi connectivity index (χ1n) is 11.2. The van der Waals surface area contributed by atoms with Crippen LogP contribution in [-0.4, -0.2) is 16.8 Å². The molecule has 4 aromatic rings. The van der Waals surface area contributed by atoms with Gasteiger partial charge in [-0.1, -0.05) is 67.8 Å². The van der Waals surface area contributed by atoms with Gasteiger partial charge < -0.3 is 13.7 Å². The van der Waals surface area contributed by atoms with E-state index >= 15 is 0 Å². The fourth-order valence-electron chi connectivity index (χ4n) is 4.70. The van der Waals surface area contributed by atoms with Crippen LogP contribution < -0.4 is 5.63 Å². The average molecular weight is 428 g/mol. The first-order valence-corrected chi connectivity index (χ1v) is 11.2. The standard InChI is InChI=1S/C27H25NO4/c29-26(28(18-21-14-9-17-31-21)20-12-5-2-6-13-20)25-24(19-10-3-1-4-11-19)22-15-7-8-16-23(22)27(30)32-25/h1,3-4,7-11,14-17,20H,2,5-6,12-13,18H2. The van der Waals surface area contributed by atoms with Crippen LogP contribution in [0.1, 0.15) is 48.4 Å². The second-order valence-corrected chi connectivity index (χ2v) is 8.31. The predicted octanol–water partition coefficient (Wildman–Crippen LogP) is 6.03. The number of hydrogen-bond acceptors (Lipinski definition) is 4. The minimum absolute atomic E-state index is 0.0849. The molecular weight excluding hydrogens is 402 g/mol. The van der Waals surface area contributed by atoms with Crippen LogP contribution in [0.4, 0.5) is 0 Å². The van der Waals surface area contributed by atoms with Gasteiger partial charge in [-0.25, -0.2) is 4.79 Å². The summed E-state index contributed by atoms with van der Waals surface area (Å²) in [4.78, 5) is 28.7. The van der Waals surface area contributed by atoms with E-state index in [1.165, 1.54) is 6.42 Å². The number of amides is 1. The summed E-state index contributed by atoms with van der Waals surface area (Å²) in [5.74, 6) is 0.542. The third-order valence-electron chi connectivity index (χ3n) is 6.28. The summed E-state index contributed by atoms with van der Waals surface area (Å²) in [6.07, 6.45) is 6.83. The molecule has 1 amide bonds. The predicted molar refractivity (Wildman–Crippen MR) is 123 cm³/mol. The summed E-state index contributed by atoms with van der Waals surface area (Å²) in [6, 6.07) is 20.7. The SMILES string of the molecule is O=C(c1oc(=O)c2ccccc2c1-c1ccccc1)N(Cc1ccco1)C1CCCCC1. The Morgan fingerprint density at radius 2 is 1.59 bits per heavy atom. The highest BCUT2D eigenvalue weighted by atomic mass is 16.4. The van der Waals surface area contributed by atoms with Gasteiger partial charge in [0.1, 0.15) is 5.76 Å². The molecule has 2 aromatic heterocycles. The van der Waals surface area contributed by atoms with Gasteiger partial charge in [0.15, 0.2) is 0 Å². The molecule has 2 aromatic carbocycles. The molecule has 0 unspecified atom stereocenters. The minimum atomic E-state index is -0.495. The van der Waals surface area contributed by atoms with Crippen LogP contribution in [0.15, 0.2) is 86.6 Å². The first-order chi connectivity index (χ1) is 15.7. The van der Waals surface area contributed by atoms with Crippen LogP contribution in [0.25, 0.3) is 21.9 Å². The molecule has 1 fully saturated rings. The molecule has 5 rings (SSSR count). The van der Waals surface area contributed by atoms with Gasteiger partial charge in [0.25, 0.3) is 5.91 Å². The van der Waals surface area contributed by atoms with Crippen LogP contribution in [0.5, 0.6) is 0 Å². The molecule has 0 spiro atoms. The summed E-state index contributed by atoms with van der Waals surface area (Å²) in [5, 5.41) is 1.19. The van der Waals surface area contributed by atoms with Crippen molar-refractivity contribution in [3.8, 4) is 11.1 Å². The first kappa shape index (κ1) is 20.3. The fourth-order valence-corrected chi connectivity index (χ4v) is 4.70. The van der Waals surface area contributed by atoms with Crippen molar-refractivity contribution >= 4 is 16.7 Å². The second-order valence-electron chi connectivity index (χ2n) is 8.31. The smallest absolute Gasteiger partial charge is 0.344 e. The molecule has 2 heterocycles. The molecule has 0 N–H and O–H groups in total. The van der Waals surface area contributed by atoms with Crippen molar-refractivity contribution in [3.63, 3.8) is 0 Å². The monoisotopic (exact) mass is 427 g/mol. The van der Waals surface area contributed by atoms with Crippen molar-refractivity contribution in [2.24, 2.45) is 0 Å². The van der Waals surface area contributed by atoms with Gasteiger partial charge in [0.05, 0.1) is 18.2 Å². The van der Waals surface area contributed by atoms with Crippen LogP contribution in [0.2, 0.25) is 0 Å². The lowest BCUT2D eigenvalue weighted by molar-refractivity contribution is 0.0561. The molecular formula is C27H25NO4. The minimum Gasteiger partial charge on any atom is -0.467 e. The van der Waals surface area contributed by atoms with Crippen LogP contribution in [0, 0.1) is 0 Å². The van der Waals surface area contributed by atoms with E-state index in [1.807, 2.05) is 59.5 Å². The van der Waals surface area contributed by atoms with Gasteiger partial charge in [-0.15, -0.1) is 0 Å². The normalized spacial score (nSPS) is 14.5. The Morgan fingerprint density at radius 3 is 2.31 bits per heavy atom. The lowest BCUT2D eigenvalue weighted by Gasteiger charge is -2.34. The maximum atomic E-state index is 14.0. The van der Waals surface area contributed by atoms with Crippen molar-refractivity contribution in [1.82, 2.24) is 4.90 Å². The Bertz CT molecular complexity index is 1270. The van der Waals surface area contributed by atoms with E-state index in [0.29, 0.717) is 23.3 Å². The molecule has 32 heavy (non-hydrogen) atoms. The third kappa shape index (κ3) is 3.86. The van der Waals surface area contributed by atoms with Gasteiger partial charge in [-0.3, -0.25) is 4.79 Å². The Balaban J connectivity index is 1.67. The third-order valence-corrected chi connectivity index (χ3v) is 6.28. The highest BCUT2D eigenvalue weighted by Gasteiger charge is 2.31. The molecule has 1 aliphatic carbocycles. The molecule has 1 aliphatic rings. The largest absolute Gasteiger partial charge is 0.467 e. The highest BCUT2D eigenvalue weighted by molar-refractivity contribution is 6.07. The van der Waals surface area contributed by atoms with Crippen molar-refractivity contribution in [2.45, 2.75) is 44.7 Å². The molecule has 0 aliphatic heterocycles. The molecule has 0 atom stereocenters. The second kappa shape index (κ2) is 8.87. The van der Waals surface area contributed by atoms with Crippen LogP contribution in [-0.2, 0) is 6.54 Å². The number of carbonyl (C=O) groups excluding carboxylic acids is 1. The lowest BCUT2D eigenvalue weighted by Crippen LogP contribution is -2.41. The maximum Gasteiger partial charge on any atom is 0.344 e. The number of hydrogen-bond donors (Lipinski definition) is 0. The van der Waals surface area contributed by atoms with Crippen molar-refractivity contribution in [3.05, 3.63) is 94.9 Å². The fraction of sp³-hybridized carbons (Fsp3) is 0.259. The van der Waals surface area contributed by atoms with Crippen molar-refractivity contribution in [2.75, 3.05) is 0 Å². The summed E-state index contributed by atoms with van der Waals surface area (Å²) in [6.45, 7) is 0.348. The van der Waals surface area contributed by atoms with E-state index in [9.17, 15) is 9.59 Å². The van der Waals surface area contributed by atoms with Gasteiger partial charge in [-0.2, -0.15) is 0 Å². The Labute approximate surface area is 186 Å². The Hall–Kier alpha value is -3.60. The van der Waals surface area contributed by atoms with Crippen LogP contribution in [0.3, 0.4) is 0 Å². The van der Waals surface area contributed by atoms with Gasteiger partial charge in [0.2, 0.25) is 5.76 Å². The highest BCUT2D eigenvalue weighted by Crippen LogP contribution is 2.33. The molecule has 1 saturated carbocycles. The number of carbonyl (C=O) groups is 1. The van der Waals surface area contributed by atoms with Gasteiger partial charge in [-0.05, 0) is 36.6 Å². The molecule has 5 nitrogen and oxygen atoms in total. The van der Waals surface area contributed by atoms with E-state index in [1.54, 1.807) is 18.4 Å². The van der Waals surface area contributed by atoms with E-state index < -0.39 is 5.63 Å². The topological polar surface area (TPSA) is 63.7 Å². The number of furan rings is 1. The summed E-state index contributed by atoms with van der Waals surface area (Å²) in [5.41, 5.74) is 1.01.